The lowest BCUT2D eigenvalue weighted by Crippen LogP contribution is -2.50. The minimum absolute atomic E-state index is 0.00121. The number of amides is 3. The molecule has 4 rings (SSSR count). The van der Waals surface area contributed by atoms with E-state index in [4.69, 9.17) is 4.42 Å². The summed E-state index contributed by atoms with van der Waals surface area (Å²) in [5.41, 5.74) is 0.493. The molecular weight excluding hydrogens is 449 g/mol. The molecule has 35 heavy (non-hydrogen) atoms. The number of carbonyl (C=O) groups excluding carboxylic acids is 3. The van der Waals surface area contributed by atoms with Crippen LogP contribution in [0.25, 0.3) is 0 Å². The quantitative estimate of drug-likeness (QED) is 0.504. The maximum absolute atomic E-state index is 15.0. The Bertz CT molecular complexity index is 1140. The van der Waals surface area contributed by atoms with Crippen molar-refractivity contribution in [1.82, 2.24) is 10.6 Å². The Morgan fingerprint density at radius 2 is 1.66 bits per heavy atom. The third kappa shape index (κ3) is 5.95. The molecule has 1 heterocycles. The molecule has 0 spiro atoms. The highest BCUT2D eigenvalue weighted by atomic mass is 19.1. The predicted molar refractivity (Wildman–Crippen MR) is 129 cm³/mol. The summed E-state index contributed by atoms with van der Waals surface area (Å²) in [7, 11) is 0. The van der Waals surface area contributed by atoms with Gasteiger partial charge in [-0.25, -0.2) is 4.39 Å². The van der Waals surface area contributed by atoms with Gasteiger partial charge < -0.3 is 15.1 Å². The molecule has 3 amide bonds. The second kappa shape index (κ2) is 11.5. The molecule has 2 N–H and O–H groups in total. The minimum atomic E-state index is -1.12. The van der Waals surface area contributed by atoms with Gasteiger partial charge in [-0.1, -0.05) is 61.7 Å². The molecular formula is C27H28FN3O4. The van der Waals surface area contributed by atoms with Gasteiger partial charge in [-0.2, -0.15) is 0 Å². The van der Waals surface area contributed by atoms with Crippen molar-refractivity contribution >= 4 is 23.4 Å². The summed E-state index contributed by atoms with van der Waals surface area (Å²) in [5.74, 6) is -2.21. The number of nitrogens with zero attached hydrogens (tertiary/aromatic N) is 1. The van der Waals surface area contributed by atoms with Crippen molar-refractivity contribution in [2.45, 2.75) is 44.2 Å². The number of para-hydroxylation sites is 1. The van der Waals surface area contributed by atoms with Gasteiger partial charge in [-0.3, -0.25) is 19.3 Å². The zero-order chi connectivity index (χ0) is 24.6. The van der Waals surface area contributed by atoms with E-state index in [1.165, 1.54) is 30.5 Å². The standard InChI is InChI=1S/C27H28FN3O4/c28-21-14-7-8-15-22(21)31(24(32)18-29-26(33)23-16-9-17-35-23)25(19-10-3-1-4-11-19)27(34)30-20-12-5-2-6-13-20/h1,3-4,7-11,14-17,20,25H,2,5-6,12-13,18H2,(H,29,33)(H,30,34)/t25-/m1/s1. The summed E-state index contributed by atoms with van der Waals surface area (Å²) in [6, 6.07) is 16.5. The summed E-state index contributed by atoms with van der Waals surface area (Å²) >= 11 is 0. The molecule has 1 fully saturated rings. The first-order valence-electron chi connectivity index (χ1n) is 11.8. The Morgan fingerprint density at radius 3 is 2.34 bits per heavy atom. The molecule has 0 radical (unpaired) electrons. The molecule has 1 atom stereocenters. The Hall–Kier alpha value is -3.94. The highest BCUT2D eigenvalue weighted by Crippen LogP contribution is 2.30. The lowest BCUT2D eigenvalue weighted by Gasteiger charge is -2.33. The summed E-state index contributed by atoms with van der Waals surface area (Å²) in [6.45, 7) is -0.450. The summed E-state index contributed by atoms with van der Waals surface area (Å²) in [5, 5.41) is 5.57. The number of benzene rings is 2. The smallest absolute Gasteiger partial charge is 0.287 e. The Labute approximate surface area is 203 Å². The predicted octanol–water partition coefficient (Wildman–Crippen LogP) is 4.37. The molecule has 0 bridgehead atoms. The van der Waals surface area contributed by atoms with E-state index in [2.05, 4.69) is 10.6 Å². The monoisotopic (exact) mass is 477 g/mol. The first-order valence-corrected chi connectivity index (χ1v) is 11.8. The Balaban J connectivity index is 1.67. The van der Waals surface area contributed by atoms with Gasteiger partial charge in [-0.05, 0) is 42.7 Å². The highest BCUT2D eigenvalue weighted by Gasteiger charge is 2.35. The number of furan rings is 1. The van der Waals surface area contributed by atoms with Crippen LogP contribution in [0.2, 0.25) is 0 Å². The van der Waals surface area contributed by atoms with Crippen LogP contribution in [0, 0.1) is 5.82 Å². The largest absolute Gasteiger partial charge is 0.459 e. The Kier molecular flexibility index (Phi) is 7.92. The van der Waals surface area contributed by atoms with Gasteiger partial charge in [0, 0.05) is 6.04 Å². The molecule has 1 aromatic heterocycles. The summed E-state index contributed by atoms with van der Waals surface area (Å²) in [4.78, 5) is 40.6. The van der Waals surface area contributed by atoms with E-state index in [1.54, 1.807) is 42.5 Å². The minimum Gasteiger partial charge on any atom is -0.459 e. The summed E-state index contributed by atoms with van der Waals surface area (Å²) in [6.07, 6.45) is 6.25. The number of anilines is 1. The molecule has 1 aliphatic rings. The number of halogens is 1. The first kappa shape index (κ1) is 24.2. The van der Waals surface area contributed by atoms with Crippen molar-refractivity contribution in [3.63, 3.8) is 0 Å². The van der Waals surface area contributed by atoms with E-state index in [1.807, 2.05) is 0 Å². The van der Waals surface area contributed by atoms with Crippen LogP contribution in [0.15, 0.2) is 77.4 Å². The Morgan fingerprint density at radius 1 is 0.943 bits per heavy atom. The van der Waals surface area contributed by atoms with E-state index in [9.17, 15) is 18.8 Å². The van der Waals surface area contributed by atoms with E-state index < -0.39 is 36.1 Å². The van der Waals surface area contributed by atoms with Crippen molar-refractivity contribution < 1.29 is 23.2 Å². The van der Waals surface area contributed by atoms with E-state index >= 15 is 0 Å². The number of nitrogens with one attached hydrogen (secondary N) is 2. The van der Waals surface area contributed by atoms with Gasteiger partial charge >= 0.3 is 0 Å². The van der Waals surface area contributed by atoms with Crippen molar-refractivity contribution in [2.24, 2.45) is 0 Å². The van der Waals surface area contributed by atoms with Crippen LogP contribution in [0.5, 0.6) is 0 Å². The number of rotatable bonds is 8. The van der Waals surface area contributed by atoms with Crippen molar-refractivity contribution in [2.75, 3.05) is 11.4 Å². The molecule has 0 saturated heterocycles. The lowest BCUT2D eigenvalue weighted by atomic mass is 9.94. The molecule has 182 valence electrons. The van der Waals surface area contributed by atoms with Crippen molar-refractivity contribution in [3.05, 3.63) is 90.1 Å². The van der Waals surface area contributed by atoms with Gasteiger partial charge in [0.15, 0.2) is 5.76 Å². The molecule has 0 aliphatic heterocycles. The molecule has 1 aliphatic carbocycles. The van der Waals surface area contributed by atoms with Crippen molar-refractivity contribution in [3.8, 4) is 0 Å². The molecule has 7 nitrogen and oxygen atoms in total. The van der Waals surface area contributed by atoms with E-state index in [0.29, 0.717) is 5.56 Å². The van der Waals surface area contributed by atoms with Gasteiger partial charge in [0.1, 0.15) is 11.9 Å². The van der Waals surface area contributed by atoms with Crippen molar-refractivity contribution in [1.29, 1.82) is 0 Å². The molecule has 0 unspecified atom stereocenters. The van der Waals surface area contributed by atoms with Crippen LogP contribution in [0.3, 0.4) is 0 Å². The van der Waals surface area contributed by atoms with Gasteiger partial charge in [0.25, 0.3) is 5.91 Å². The van der Waals surface area contributed by atoms with Gasteiger partial charge in [0.2, 0.25) is 11.8 Å². The lowest BCUT2D eigenvalue weighted by molar-refractivity contribution is -0.127. The summed E-state index contributed by atoms with van der Waals surface area (Å²) < 4.78 is 20.1. The SMILES string of the molecule is O=C(NCC(=O)N(c1ccccc1F)[C@@H](C(=O)NC1CCCCC1)c1ccccc1)c1ccco1. The van der Waals surface area contributed by atoms with Crippen LogP contribution in [-0.4, -0.2) is 30.3 Å². The molecule has 1 saturated carbocycles. The molecule has 2 aromatic carbocycles. The first-order chi connectivity index (χ1) is 17.0. The maximum Gasteiger partial charge on any atom is 0.287 e. The normalized spacial score (nSPS) is 14.7. The highest BCUT2D eigenvalue weighted by molar-refractivity contribution is 6.04. The van der Waals surface area contributed by atoms with Crippen LogP contribution in [0.1, 0.15) is 54.3 Å². The van der Waals surface area contributed by atoms with Gasteiger partial charge in [0.05, 0.1) is 18.5 Å². The number of carbonyl (C=O) groups is 3. The molecule has 8 heteroatoms. The van der Waals surface area contributed by atoms with E-state index in [0.717, 1.165) is 37.0 Å². The second-order valence-corrected chi connectivity index (χ2v) is 8.53. The average Bonchev–Trinajstić information content (AvgIpc) is 3.42. The number of hydrogen-bond acceptors (Lipinski definition) is 4. The topological polar surface area (TPSA) is 91.7 Å². The number of hydrogen-bond donors (Lipinski definition) is 2. The molecule has 3 aromatic rings. The fourth-order valence-corrected chi connectivity index (χ4v) is 4.38. The third-order valence-corrected chi connectivity index (χ3v) is 6.10. The van der Waals surface area contributed by atoms with Gasteiger partial charge in [-0.15, -0.1) is 0 Å². The zero-order valence-corrected chi connectivity index (χ0v) is 19.3. The van der Waals surface area contributed by atoms with Crippen LogP contribution < -0.4 is 15.5 Å². The van der Waals surface area contributed by atoms with Crippen LogP contribution >= 0.6 is 0 Å². The zero-order valence-electron chi connectivity index (χ0n) is 19.3. The van der Waals surface area contributed by atoms with Crippen LogP contribution in [0.4, 0.5) is 10.1 Å². The van der Waals surface area contributed by atoms with Crippen LogP contribution in [-0.2, 0) is 9.59 Å². The second-order valence-electron chi connectivity index (χ2n) is 8.53. The third-order valence-electron chi connectivity index (χ3n) is 6.10. The van der Waals surface area contributed by atoms with E-state index in [-0.39, 0.29) is 17.5 Å². The fraction of sp³-hybridized carbons (Fsp3) is 0.296. The average molecular weight is 478 g/mol. The fourth-order valence-electron chi connectivity index (χ4n) is 4.38. The maximum atomic E-state index is 15.0.